The van der Waals surface area contributed by atoms with Crippen LogP contribution in [0.1, 0.15) is 19.3 Å². The summed E-state index contributed by atoms with van der Waals surface area (Å²) in [7, 11) is -0.149. The molecule has 2 atom stereocenters. The molecular weight excluding hydrogens is 187 g/mol. The molecule has 1 aromatic carbocycles. The molecule has 0 aromatic heterocycles. The fraction of sp³-hybridized carbons (Fsp3) is 0.417. The Morgan fingerprint density at radius 2 is 1.67 bits per heavy atom. The van der Waals surface area contributed by atoms with Crippen molar-refractivity contribution in [1.29, 1.82) is 0 Å². The Kier molecular flexibility index (Phi) is 2.51. The third-order valence-electron chi connectivity index (χ3n) is 3.09. The third kappa shape index (κ3) is 1.94. The monoisotopic (exact) mass is 201 g/mol. The predicted octanol–water partition coefficient (Wildman–Crippen LogP) is 1.55. The Hall–Kier alpha value is -0.795. The molecule has 77 valence electrons. The second-order valence-corrected chi connectivity index (χ2v) is 4.25. The smallest absolute Gasteiger partial charge is 0.404 e. The average Bonchev–Trinajstić information content (AvgIpc) is 2.30. The van der Waals surface area contributed by atoms with E-state index < -0.39 is 0 Å². The van der Waals surface area contributed by atoms with E-state index in [4.69, 9.17) is 9.31 Å². The molecule has 2 nitrogen and oxygen atoms in total. The zero-order valence-corrected chi connectivity index (χ0v) is 8.63. The number of hydrogen-bond acceptors (Lipinski definition) is 2. The van der Waals surface area contributed by atoms with Gasteiger partial charge in [0.2, 0.25) is 0 Å². The minimum Gasteiger partial charge on any atom is -0.404 e. The highest BCUT2D eigenvalue weighted by atomic mass is 16.6. The van der Waals surface area contributed by atoms with Crippen LogP contribution in [-0.2, 0) is 9.31 Å². The molecule has 0 N–H and O–H groups in total. The van der Waals surface area contributed by atoms with E-state index in [0.717, 1.165) is 24.7 Å². The van der Waals surface area contributed by atoms with Crippen LogP contribution < -0.4 is 5.46 Å². The van der Waals surface area contributed by atoms with Crippen molar-refractivity contribution in [2.75, 3.05) is 0 Å². The van der Waals surface area contributed by atoms with Crippen LogP contribution in [0.15, 0.2) is 30.3 Å². The number of hydrogen-bond donors (Lipinski definition) is 0. The lowest BCUT2D eigenvalue weighted by Crippen LogP contribution is -2.50. The van der Waals surface area contributed by atoms with Crippen LogP contribution >= 0.6 is 0 Å². The van der Waals surface area contributed by atoms with Gasteiger partial charge in [-0.15, -0.1) is 0 Å². The molecule has 2 aliphatic rings. The van der Waals surface area contributed by atoms with Crippen molar-refractivity contribution in [2.24, 2.45) is 0 Å². The van der Waals surface area contributed by atoms with Crippen molar-refractivity contribution < 1.29 is 9.31 Å². The van der Waals surface area contributed by atoms with Gasteiger partial charge < -0.3 is 9.31 Å². The molecule has 1 saturated carbocycles. The molecule has 2 fully saturated rings. The van der Waals surface area contributed by atoms with Gasteiger partial charge in [-0.1, -0.05) is 30.3 Å². The summed E-state index contributed by atoms with van der Waals surface area (Å²) < 4.78 is 11.8. The first-order valence-electron chi connectivity index (χ1n) is 5.59. The van der Waals surface area contributed by atoms with Crippen LogP contribution in [0.25, 0.3) is 0 Å². The van der Waals surface area contributed by atoms with Crippen molar-refractivity contribution in [3.05, 3.63) is 36.8 Å². The summed E-state index contributed by atoms with van der Waals surface area (Å²) in [5, 5.41) is 0. The lowest BCUT2D eigenvalue weighted by atomic mass is 9.75. The molecule has 0 amide bonds. The van der Waals surface area contributed by atoms with Crippen molar-refractivity contribution in [3.8, 4) is 0 Å². The number of rotatable bonds is 1. The van der Waals surface area contributed by atoms with Crippen molar-refractivity contribution in [2.45, 2.75) is 31.5 Å². The van der Waals surface area contributed by atoms with Crippen LogP contribution in [0, 0.1) is 6.42 Å². The van der Waals surface area contributed by atoms with Gasteiger partial charge in [-0.25, -0.2) is 0 Å². The van der Waals surface area contributed by atoms with Gasteiger partial charge in [0, 0.05) is 12.2 Å². The molecule has 1 aromatic rings. The normalized spacial score (nSPS) is 30.3. The van der Waals surface area contributed by atoms with E-state index in [1.54, 1.807) is 0 Å². The second-order valence-electron chi connectivity index (χ2n) is 4.25. The number of fused-ring (bicyclic) bond motifs is 2. The van der Waals surface area contributed by atoms with E-state index in [1.807, 2.05) is 18.2 Å². The average molecular weight is 201 g/mol. The van der Waals surface area contributed by atoms with E-state index in [9.17, 15) is 0 Å². The van der Waals surface area contributed by atoms with Gasteiger partial charge in [0.05, 0.1) is 0 Å². The largest absolute Gasteiger partial charge is 0.494 e. The van der Waals surface area contributed by atoms with Crippen molar-refractivity contribution >= 4 is 12.6 Å². The quantitative estimate of drug-likeness (QED) is 0.642. The fourth-order valence-corrected chi connectivity index (χ4v) is 2.32. The van der Waals surface area contributed by atoms with E-state index in [2.05, 4.69) is 18.6 Å². The Labute approximate surface area is 90.7 Å². The molecule has 3 heteroatoms. The van der Waals surface area contributed by atoms with Gasteiger partial charge in [0.15, 0.2) is 0 Å². The van der Waals surface area contributed by atoms with Crippen LogP contribution in [-0.4, -0.2) is 19.3 Å². The molecule has 2 bridgehead atoms. The summed E-state index contributed by atoms with van der Waals surface area (Å²) in [4.78, 5) is 0. The highest BCUT2D eigenvalue weighted by Gasteiger charge is 2.37. The summed E-state index contributed by atoms with van der Waals surface area (Å²) in [6.45, 7) is 0. The lowest BCUT2D eigenvalue weighted by Gasteiger charge is -2.38. The zero-order chi connectivity index (χ0) is 10.1. The molecular formula is C12H14BO2. The zero-order valence-electron chi connectivity index (χ0n) is 8.63. The van der Waals surface area contributed by atoms with E-state index in [1.165, 1.54) is 0 Å². The molecule has 1 aliphatic heterocycles. The standard InChI is InChI=1S/C12H14BO2/c1-2-5-10(6-3-1)13-14-11-7-4-8-12(9-11)15-13/h1-6,11-12H,7-9H2. The second kappa shape index (κ2) is 3.99. The first-order chi connectivity index (χ1) is 7.42. The van der Waals surface area contributed by atoms with Gasteiger partial charge in [-0.3, -0.25) is 0 Å². The first-order valence-corrected chi connectivity index (χ1v) is 5.59. The molecule has 1 aliphatic carbocycles. The highest BCUT2D eigenvalue weighted by Crippen LogP contribution is 2.28. The van der Waals surface area contributed by atoms with E-state index in [-0.39, 0.29) is 7.12 Å². The maximum absolute atomic E-state index is 5.89. The highest BCUT2D eigenvalue weighted by molar-refractivity contribution is 6.61. The molecule has 3 rings (SSSR count). The topological polar surface area (TPSA) is 18.5 Å². The molecule has 2 unspecified atom stereocenters. The molecule has 0 spiro atoms. The Morgan fingerprint density at radius 1 is 1.00 bits per heavy atom. The van der Waals surface area contributed by atoms with Gasteiger partial charge in [0.25, 0.3) is 0 Å². The van der Waals surface area contributed by atoms with Crippen molar-refractivity contribution in [1.82, 2.24) is 0 Å². The fourth-order valence-electron chi connectivity index (χ4n) is 2.32. The molecule has 1 heterocycles. The summed E-state index contributed by atoms with van der Waals surface area (Å²) in [5.74, 6) is 0. The van der Waals surface area contributed by atoms with Gasteiger partial charge in [-0.2, -0.15) is 0 Å². The lowest BCUT2D eigenvalue weighted by molar-refractivity contribution is 0.00482. The van der Waals surface area contributed by atoms with Crippen LogP contribution in [0.3, 0.4) is 0 Å². The van der Waals surface area contributed by atoms with Gasteiger partial charge in [0.1, 0.15) is 0 Å². The summed E-state index contributed by atoms with van der Waals surface area (Å²) in [5.41, 5.74) is 1.13. The SMILES string of the molecule is [CH]1CC2CC(C1)OB(c1ccccc1)O2. The Balaban J connectivity index is 1.78. The van der Waals surface area contributed by atoms with Crippen LogP contribution in [0.5, 0.6) is 0 Å². The van der Waals surface area contributed by atoms with Gasteiger partial charge >= 0.3 is 7.12 Å². The predicted molar refractivity (Wildman–Crippen MR) is 59.7 cm³/mol. The summed E-state index contributed by atoms with van der Waals surface area (Å²) >= 11 is 0. The first kappa shape index (κ1) is 9.43. The maximum atomic E-state index is 5.89. The Bertz CT molecular complexity index is 316. The molecule has 15 heavy (non-hydrogen) atoms. The maximum Gasteiger partial charge on any atom is 0.494 e. The van der Waals surface area contributed by atoms with E-state index >= 15 is 0 Å². The third-order valence-corrected chi connectivity index (χ3v) is 3.09. The van der Waals surface area contributed by atoms with Crippen LogP contribution in [0.2, 0.25) is 0 Å². The summed E-state index contributed by atoms with van der Waals surface area (Å²) in [6.07, 6.45) is 6.21. The van der Waals surface area contributed by atoms with Crippen molar-refractivity contribution in [3.63, 3.8) is 0 Å². The minimum atomic E-state index is -0.149. The minimum absolute atomic E-state index is 0.149. The number of benzene rings is 1. The van der Waals surface area contributed by atoms with Gasteiger partial charge in [-0.05, 0) is 31.1 Å². The molecule has 1 radical (unpaired) electrons. The van der Waals surface area contributed by atoms with Crippen LogP contribution in [0.4, 0.5) is 0 Å². The van der Waals surface area contributed by atoms with E-state index in [0.29, 0.717) is 12.2 Å². The Morgan fingerprint density at radius 3 is 2.33 bits per heavy atom. The summed E-state index contributed by atoms with van der Waals surface area (Å²) in [6, 6.07) is 10.2. The molecule has 1 saturated heterocycles.